The van der Waals surface area contributed by atoms with Gasteiger partial charge in [-0.3, -0.25) is 4.79 Å². The number of rotatable bonds is 9. The van der Waals surface area contributed by atoms with Gasteiger partial charge in [-0.15, -0.1) is 0 Å². The van der Waals surface area contributed by atoms with Crippen LogP contribution in [0.1, 0.15) is 38.2 Å². The predicted molar refractivity (Wildman–Crippen MR) is 106 cm³/mol. The topological polar surface area (TPSA) is 124 Å². The Morgan fingerprint density at radius 1 is 1.13 bits per heavy atom. The molecule has 12 heteroatoms. The second kappa shape index (κ2) is 10.9. The number of aryl methyl sites for hydroxylation is 1. The van der Waals surface area contributed by atoms with Crippen LogP contribution in [0.25, 0.3) is 0 Å². The van der Waals surface area contributed by atoms with E-state index in [1.165, 1.54) is 0 Å². The Labute approximate surface area is 179 Å². The van der Waals surface area contributed by atoms with E-state index in [4.69, 9.17) is 15.0 Å². The zero-order valence-corrected chi connectivity index (χ0v) is 18.1. The van der Waals surface area contributed by atoms with Crippen molar-refractivity contribution in [3.05, 3.63) is 29.8 Å². The Morgan fingerprint density at radius 2 is 1.65 bits per heavy atom. The highest BCUT2D eigenvalue weighted by Gasteiger charge is 2.46. The standard InChI is InChI=1S/C17H26N2O4S.C2HF3O2/c1-3-4-5-6-14-7-9-15(10-8-14)24(22,23)18-17(11-16(20)21)12-19(2)13-17;3-2(4,5)1(6)7/h7-10,18H,3-6,11-13H2,1-2H3,(H,20,21);(H,6,7). The maximum Gasteiger partial charge on any atom is 0.490 e. The second-order valence-electron chi connectivity index (χ2n) is 7.53. The van der Waals surface area contributed by atoms with Gasteiger partial charge in [0.1, 0.15) is 0 Å². The van der Waals surface area contributed by atoms with Gasteiger partial charge in [-0.2, -0.15) is 13.2 Å². The number of halogens is 3. The summed E-state index contributed by atoms with van der Waals surface area (Å²) in [5.41, 5.74) is 0.199. The summed E-state index contributed by atoms with van der Waals surface area (Å²) in [7, 11) is -1.90. The van der Waals surface area contributed by atoms with Crippen LogP contribution in [0.3, 0.4) is 0 Å². The smallest absolute Gasteiger partial charge is 0.481 e. The Bertz CT molecular complexity index is 850. The minimum Gasteiger partial charge on any atom is -0.481 e. The molecule has 0 bridgehead atoms. The van der Waals surface area contributed by atoms with E-state index >= 15 is 0 Å². The first-order valence-corrected chi connectivity index (χ1v) is 11.0. The molecule has 0 amide bonds. The molecule has 31 heavy (non-hydrogen) atoms. The van der Waals surface area contributed by atoms with Crippen LogP contribution < -0.4 is 4.72 Å². The number of unbranched alkanes of at least 4 members (excludes halogenated alkanes) is 2. The number of carbonyl (C=O) groups is 2. The molecule has 0 atom stereocenters. The van der Waals surface area contributed by atoms with E-state index in [0.29, 0.717) is 13.1 Å². The monoisotopic (exact) mass is 468 g/mol. The van der Waals surface area contributed by atoms with Gasteiger partial charge in [0.15, 0.2) is 0 Å². The molecule has 1 fully saturated rings. The quantitative estimate of drug-likeness (QED) is 0.476. The van der Waals surface area contributed by atoms with E-state index in [9.17, 15) is 26.4 Å². The van der Waals surface area contributed by atoms with E-state index in [1.807, 2.05) is 24.1 Å². The summed E-state index contributed by atoms with van der Waals surface area (Å²) in [4.78, 5) is 22.0. The lowest BCUT2D eigenvalue weighted by atomic mass is 9.88. The van der Waals surface area contributed by atoms with Crippen LogP contribution in [0, 0.1) is 0 Å². The third kappa shape index (κ3) is 8.83. The van der Waals surface area contributed by atoms with Crippen molar-refractivity contribution in [2.75, 3.05) is 20.1 Å². The molecule has 1 heterocycles. The van der Waals surface area contributed by atoms with Gasteiger partial charge < -0.3 is 15.1 Å². The van der Waals surface area contributed by atoms with Crippen molar-refractivity contribution in [3.63, 3.8) is 0 Å². The lowest BCUT2D eigenvalue weighted by Gasteiger charge is -2.47. The van der Waals surface area contributed by atoms with Gasteiger partial charge >= 0.3 is 18.1 Å². The van der Waals surface area contributed by atoms with E-state index in [-0.39, 0.29) is 11.3 Å². The van der Waals surface area contributed by atoms with Crippen LogP contribution in [-0.4, -0.2) is 67.3 Å². The third-order valence-corrected chi connectivity index (χ3v) is 6.13. The summed E-state index contributed by atoms with van der Waals surface area (Å²) in [6.07, 6.45) is -0.959. The number of sulfonamides is 1. The number of nitrogens with zero attached hydrogens (tertiary/aromatic N) is 1. The number of nitrogens with one attached hydrogen (secondary N) is 1. The number of aliphatic carboxylic acids is 2. The summed E-state index contributed by atoms with van der Waals surface area (Å²) >= 11 is 0. The van der Waals surface area contributed by atoms with E-state index in [0.717, 1.165) is 31.2 Å². The van der Waals surface area contributed by atoms with Crippen molar-refractivity contribution in [3.8, 4) is 0 Å². The minimum absolute atomic E-state index is 0.182. The zero-order valence-electron chi connectivity index (χ0n) is 17.3. The third-order valence-electron chi connectivity index (χ3n) is 4.53. The van der Waals surface area contributed by atoms with Gasteiger partial charge in [-0.25, -0.2) is 17.9 Å². The summed E-state index contributed by atoms with van der Waals surface area (Å²) in [5.74, 6) is -3.76. The van der Waals surface area contributed by atoms with Gasteiger partial charge in [-0.1, -0.05) is 31.9 Å². The number of carboxylic acid groups (broad SMARTS) is 2. The molecule has 1 aromatic rings. The fraction of sp³-hybridized carbons (Fsp3) is 0.579. The van der Waals surface area contributed by atoms with Gasteiger partial charge in [0.2, 0.25) is 10.0 Å². The molecule has 1 aliphatic heterocycles. The number of hydrogen-bond donors (Lipinski definition) is 3. The lowest BCUT2D eigenvalue weighted by Crippen LogP contribution is -2.69. The first kappa shape index (κ1) is 26.9. The number of hydrogen-bond acceptors (Lipinski definition) is 5. The van der Waals surface area contributed by atoms with Crippen molar-refractivity contribution < 1.29 is 41.4 Å². The zero-order chi connectivity index (χ0) is 23.9. The van der Waals surface area contributed by atoms with Crippen molar-refractivity contribution >= 4 is 22.0 Å². The number of likely N-dealkylation sites (N-methyl/N-ethyl adjacent to an activating group) is 1. The van der Waals surface area contributed by atoms with Crippen LogP contribution in [-0.2, 0) is 26.0 Å². The fourth-order valence-corrected chi connectivity index (χ4v) is 4.63. The average molecular weight is 468 g/mol. The largest absolute Gasteiger partial charge is 0.490 e. The maximum absolute atomic E-state index is 12.6. The predicted octanol–water partition coefficient (Wildman–Crippen LogP) is 2.49. The second-order valence-corrected chi connectivity index (χ2v) is 9.22. The molecular weight excluding hydrogens is 441 g/mol. The molecule has 1 saturated heterocycles. The summed E-state index contributed by atoms with van der Waals surface area (Å²) in [5, 5.41) is 16.2. The molecule has 8 nitrogen and oxygen atoms in total. The van der Waals surface area contributed by atoms with Gasteiger partial charge in [0, 0.05) is 13.1 Å². The van der Waals surface area contributed by atoms with Crippen LogP contribution >= 0.6 is 0 Å². The lowest BCUT2D eigenvalue weighted by molar-refractivity contribution is -0.192. The highest BCUT2D eigenvalue weighted by molar-refractivity contribution is 7.89. The normalized spacial score (nSPS) is 16.0. The number of likely N-dealkylation sites (tertiary alicyclic amines) is 1. The highest BCUT2D eigenvalue weighted by atomic mass is 32.2. The minimum atomic E-state index is -5.08. The molecule has 0 aliphatic carbocycles. The molecule has 0 saturated carbocycles. The van der Waals surface area contributed by atoms with Crippen molar-refractivity contribution in [2.24, 2.45) is 0 Å². The highest BCUT2D eigenvalue weighted by Crippen LogP contribution is 2.26. The molecule has 2 rings (SSSR count). The van der Waals surface area contributed by atoms with Gasteiger partial charge in [-0.05, 0) is 37.6 Å². The number of benzene rings is 1. The van der Waals surface area contributed by atoms with Gasteiger partial charge in [0.05, 0.1) is 16.9 Å². The molecule has 1 aromatic carbocycles. The van der Waals surface area contributed by atoms with Crippen molar-refractivity contribution in [1.82, 2.24) is 9.62 Å². The summed E-state index contributed by atoms with van der Waals surface area (Å²) in [6, 6.07) is 6.86. The average Bonchev–Trinajstić information content (AvgIpc) is 2.60. The molecule has 0 spiro atoms. The van der Waals surface area contributed by atoms with Crippen LogP contribution in [0.4, 0.5) is 13.2 Å². The molecule has 176 valence electrons. The van der Waals surface area contributed by atoms with Crippen LogP contribution in [0.15, 0.2) is 29.2 Å². The first-order valence-electron chi connectivity index (χ1n) is 9.54. The molecule has 0 aromatic heterocycles. The summed E-state index contributed by atoms with van der Waals surface area (Å²) in [6.45, 7) is 2.94. The van der Waals surface area contributed by atoms with Gasteiger partial charge in [0.25, 0.3) is 0 Å². The Kier molecular flexibility index (Phi) is 9.45. The SMILES string of the molecule is CCCCCc1ccc(S(=O)(=O)NC2(CC(=O)O)CN(C)C2)cc1.O=C(O)C(F)(F)F. The molecular formula is C19H27F3N2O6S. The van der Waals surface area contributed by atoms with Crippen molar-refractivity contribution in [1.29, 1.82) is 0 Å². The Hall–Kier alpha value is -2.18. The number of alkyl halides is 3. The van der Waals surface area contributed by atoms with E-state index in [2.05, 4.69) is 11.6 Å². The van der Waals surface area contributed by atoms with Crippen LogP contribution in [0.5, 0.6) is 0 Å². The number of carboxylic acids is 2. The van der Waals surface area contributed by atoms with E-state index < -0.39 is 33.7 Å². The summed E-state index contributed by atoms with van der Waals surface area (Å²) < 4.78 is 59.5. The molecule has 1 aliphatic rings. The van der Waals surface area contributed by atoms with Crippen LogP contribution in [0.2, 0.25) is 0 Å². The van der Waals surface area contributed by atoms with E-state index in [1.54, 1.807) is 12.1 Å². The fourth-order valence-electron chi connectivity index (χ4n) is 3.25. The maximum atomic E-state index is 12.6. The Balaban J connectivity index is 0.000000592. The molecule has 0 unspecified atom stereocenters. The molecule has 3 N–H and O–H groups in total. The molecule has 0 radical (unpaired) electrons. The van der Waals surface area contributed by atoms with Crippen molar-refractivity contribution in [2.45, 2.75) is 55.6 Å². The first-order chi connectivity index (χ1) is 14.2. The Morgan fingerprint density at radius 3 is 2.03 bits per heavy atom.